The monoisotopic (exact) mass is 1870 g/mol. The second-order valence-electron chi connectivity index (χ2n) is 28.7. The Morgan fingerprint density at radius 1 is 0.246 bits per heavy atom. The number of carbonyl (C=O) groups excluding carboxylic acids is 10. The van der Waals surface area contributed by atoms with E-state index in [0.29, 0.717) is 60.7 Å². The third kappa shape index (κ3) is 16.2. The van der Waals surface area contributed by atoms with Crippen LogP contribution in [0.3, 0.4) is 0 Å². The molecule has 4 heterocycles. The Bertz CT molecular complexity index is 6660. The first-order valence-corrected chi connectivity index (χ1v) is 37.0. The molecule has 10 aromatic rings. The van der Waals surface area contributed by atoms with Crippen LogP contribution in [0.5, 0.6) is 178 Å². The van der Waals surface area contributed by atoms with E-state index in [-0.39, 0.29) is 30.3 Å². The lowest BCUT2D eigenvalue weighted by Gasteiger charge is -2.43. The number of rotatable bonds is 14. The van der Waals surface area contributed by atoms with Crippen LogP contribution in [-0.4, -0.2) is 282 Å². The highest BCUT2D eigenvalue weighted by atomic mass is 16.8. The quantitative estimate of drug-likeness (QED) is 0.0419. The molecule has 29 N–H and O–H groups in total. The highest BCUT2D eigenvalue weighted by Gasteiger charge is 2.58. The van der Waals surface area contributed by atoms with Gasteiger partial charge in [-0.05, 0) is 84.9 Å². The Balaban J connectivity index is 0.888. The minimum atomic E-state index is -3.10. The smallest absolute Gasteiger partial charge is 0.342 e. The number of phenolic OH excluding ortho intramolecular Hbond substituents is 29. The van der Waals surface area contributed by atoms with Gasteiger partial charge in [-0.15, -0.1) is 0 Å². The highest BCUT2D eigenvalue weighted by molar-refractivity contribution is 6.11. The zero-order valence-corrected chi connectivity index (χ0v) is 65.7. The van der Waals surface area contributed by atoms with Crippen molar-refractivity contribution in [1.29, 1.82) is 0 Å². The number of phenols is 29. The lowest BCUT2D eigenvalue weighted by molar-refractivity contribution is -0.282. The molecular weight excluding hydrogens is 1820 g/mol. The molecule has 4 aliphatic rings. The maximum atomic E-state index is 15.5. The summed E-state index contributed by atoms with van der Waals surface area (Å²) in [6.07, 6.45) is -28.7. The molecule has 10 aromatic carbocycles. The van der Waals surface area contributed by atoms with E-state index < -0.39 is 390 Å². The standard InChI is InChI=1S/C82H58O52/c83-28-1-18(2-29(84)49(28)97)71(112)129-67-65-43(16-122-76(117)23-11-37(92)54(102)59(107)45(23)47-25(78(119)127-65)13-39(94)56(104)61(47)109)125-81(69(67)131-73(114)20-5-32(87)51(99)33(88)6-20)134-75(116)22-9-36(91)53(101)42(10-22)124-64-27(15-41(96)58(106)63(64)111)80(121)132-70-68(130-72(113)19-3-30(85)50(98)31(86)4-19)66-44(126-82(70)133-74(115)21-7-34(89)52(100)35(90)8-21)17-123-77(118)24-12-38(93)55(103)60(108)46(24)48-26(79(120)128-66)14-40(95)57(105)62(48)110/h1-15,43-44,65-70,81-111H,16-17H2/t43-,44-,65-,66+,67-,68+,69+,70-,81+,82+/m1/s1. The summed E-state index contributed by atoms with van der Waals surface area (Å²) >= 11 is 0. The number of hydrogen-bond donors (Lipinski definition) is 29. The van der Waals surface area contributed by atoms with E-state index in [9.17, 15) is 177 Å². The predicted molar refractivity (Wildman–Crippen MR) is 415 cm³/mol. The third-order valence-corrected chi connectivity index (χ3v) is 20.4. The van der Waals surface area contributed by atoms with Gasteiger partial charge < -0.3 is 210 Å². The van der Waals surface area contributed by atoms with Crippen molar-refractivity contribution in [3.63, 3.8) is 0 Å². The molecule has 698 valence electrons. The number of ether oxygens (including phenoxy) is 13. The molecular formula is C82H58O52. The van der Waals surface area contributed by atoms with Gasteiger partial charge in [-0.3, -0.25) is 0 Å². The van der Waals surface area contributed by atoms with E-state index in [1.165, 1.54) is 0 Å². The molecule has 0 amide bonds. The molecule has 2 fully saturated rings. The molecule has 0 aliphatic carbocycles. The molecule has 0 spiro atoms. The second-order valence-corrected chi connectivity index (χ2v) is 28.7. The van der Waals surface area contributed by atoms with Crippen molar-refractivity contribution in [3.8, 4) is 200 Å². The fraction of sp³-hybridized carbons (Fsp3) is 0.146. The first-order chi connectivity index (χ1) is 63.0. The normalized spacial score (nSPS) is 19.1. The molecule has 52 nitrogen and oxygen atoms in total. The first kappa shape index (κ1) is 91.0. The molecule has 0 saturated carbocycles. The van der Waals surface area contributed by atoms with Crippen LogP contribution in [0.1, 0.15) is 104 Å². The summed E-state index contributed by atoms with van der Waals surface area (Å²) in [4.78, 5) is 148. The van der Waals surface area contributed by atoms with Crippen molar-refractivity contribution in [2.75, 3.05) is 13.2 Å². The van der Waals surface area contributed by atoms with Crippen LogP contribution in [0, 0.1) is 0 Å². The Morgan fingerprint density at radius 2 is 0.485 bits per heavy atom. The summed E-state index contributed by atoms with van der Waals surface area (Å²) in [7, 11) is 0. The third-order valence-electron chi connectivity index (χ3n) is 20.4. The van der Waals surface area contributed by atoms with E-state index in [2.05, 4.69) is 0 Å². The van der Waals surface area contributed by atoms with Gasteiger partial charge in [0.05, 0.1) is 50.1 Å². The lowest BCUT2D eigenvalue weighted by Crippen LogP contribution is -2.63. The Kier molecular flexibility index (Phi) is 23.2. The molecule has 0 unspecified atom stereocenters. The number of esters is 10. The summed E-state index contributed by atoms with van der Waals surface area (Å²) in [5, 5.41) is 315. The predicted octanol–water partition coefficient (Wildman–Crippen LogP) is 3.73. The van der Waals surface area contributed by atoms with Gasteiger partial charge in [-0.2, -0.15) is 0 Å². The van der Waals surface area contributed by atoms with Crippen molar-refractivity contribution in [2.24, 2.45) is 0 Å². The van der Waals surface area contributed by atoms with Crippen LogP contribution in [0.15, 0.2) is 91.0 Å². The fourth-order valence-electron chi connectivity index (χ4n) is 13.9. The van der Waals surface area contributed by atoms with Crippen molar-refractivity contribution in [1.82, 2.24) is 0 Å². The molecule has 0 aromatic heterocycles. The summed E-state index contributed by atoms with van der Waals surface area (Å²) in [5.74, 6) is -65.5. The first-order valence-electron chi connectivity index (χ1n) is 37.0. The molecule has 10 atom stereocenters. The van der Waals surface area contributed by atoms with Gasteiger partial charge >= 0.3 is 59.7 Å². The Hall–Kier alpha value is -19.2. The van der Waals surface area contributed by atoms with E-state index in [0.717, 1.165) is 0 Å². The van der Waals surface area contributed by atoms with Gasteiger partial charge in [-0.25, -0.2) is 47.9 Å². The minimum Gasteiger partial charge on any atom is -0.504 e. The van der Waals surface area contributed by atoms with Crippen LogP contribution in [0.25, 0.3) is 22.3 Å². The molecule has 134 heavy (non-hydrogen) atoms. The van der Waals surface area contributed by atoms with Gasteiger partial charge in [0, 0.05) is 28.3 Å². The van der Waals surface area contributed by atoms with Gasteiger partial charge in [0.15, 0.2) is 162 Å². The number of cyclic esters (lactones) is 2. The molecule has 4 aliphatic heterocycles. The maximum absolute atomic E-state index is 15.5. The molecule has 2 saturated heterocycles. The zero-order valence-electron chi connectivity index (χ0n) is 65.7. The molecule has 0 radical (unpaired) electrons. The van der Waals surface area contributed by atoms with Gasteiger partial charge in [0.1, 0.15) is 31.0 Å². The van der Waals surface area contributed by atoms with E-state index in [1.54, 1.807) is 0 Å². The number of hydrogen-bond acceptors (Lipinski definition) is 52. The largest absolute Gasteiger partial charge is 0.504 e. The van der Waals surface area contributed by atoms with E-state index in [1.807, 2.05) is 0 Å². The molecule has 14 rings (SSSR count). The fourth-order valence-corrected chi connectivity index (χ4v) is 13.9. The summed E-state index contributed by atoms with van der Waals surface area (Å²) in [6.45, 7) is -3.11. The van der Waals surface area contributed by atoms with Gasteiger partial charge in [0.2, 0.25) is 65.0 Å². The van der Waals surface area contributed by atoms with Crippen molar-refractivity contribution in [2.45, 2.75) is 61.4 Å². The SMILES string of the molecule is O=C(O[C@@H]1O[C@@H]2COC(=O)c3cc(O)c(O)c(O)c3-c3c(cc(O)c(O)c3O)C(=O)O[C@H]2[C@@H](OC(=O)c2cc(O)c(O)c(O)c2)[C@@H]1OC(=O)c1cc(O)c(O)c(O)c1)c1cc(O)c(O)c(Oc2c(C(=O)O[C@H]3[C@H](OC(=O)c4cc(O)c(O)c(O)c4)O[C@@H]4COC(=O)c5cc(O)c(O)c(O)c5-c5c(cc(O)c(O)c5O)C(=O)O[C@@H]4[C@@H]3OC(=O)c3cc(O)c(O)c(O)c3)cc(O)c(O)c2O)c1. The number of fused-ring (bicyclic) bond motifs is 8. The minimum absolute atomic E-state index is 0.0806. The molecule has 0 bridgehead atoms. The average Bonchev–Trinajstić information content (AvgIpc) is 1.22. The van der Waals surface area contributed by atoms with Crippen molar-refractivity contribution in [3.05, 3.63) is 147 Å². The van der Waals surface area contributed by atoms with Crippen LogP contribution in [-0.2, 0) is 56.8 Å². The van der Waals surface area contributed by atoms with Crippen LogP contribution < -0.4 is 4.74 Å². The Morgan fingerprint density at radius 3 is 0.791 bits per heavy atom. The van der Waals surface area contributed by atoms with Crippen LogP contribution >= 0.6 is 0 Å². The Labute approximate surface area is 736 Å². The van der Waals surface area contributed by atoms with E-state index >= 15 is 19.2 Å². The van der Waals surface area contributed by atoms with Crippen molar-refractivity contribution >= 4 is 59.7 Å². The van der Waals surface area contributed by atoms with Gasteiger partial charge in [-0.1, -0.05) is 0 Å². The number of carbonyl (C=O) groups is 10. The molecule has 52 heteroatoms. The number of benzene rings is 10. The average molecular weight is 1880 g/mol. The van der Waals surface area contributed by atoms with Gasteiger partial charge in [0.25, 0.3) is 0 Å². The highest BCUT2D eigenvalue weighted by Crippen LogP contribution is 2.58. The number of aromatic hydroxyl groups is 29. The van der Waals surface area contributed by atoms with E-state index in [4.69, 9.17) is 61.6 Å². The van der Waals surface area contributed by atoms with Crippen LogP contribution in [0.2, 0.25) is 0 Å². The topological polar surface area (TPSA) is 877 Å². The summed E-state index contributed by atoms with van der Waals surface area (Å²) < 4.78 is 74.3. The summed E-state index contributed by atoms with van der Waals surface area (Å²) in [5.41, 5.74) is -17.1. The maximum Gasteiger partial charge on any atom is 0.342 e. The van der Waals surface area contributed by atoms with Crippen molar-refractivity contribution < 1.29 is 258 Å². The second kappa shape index (κ2) is 34.2. The van der Waals surface area contributed by atoms with Crippen LogP contribution in [0.4, 0.5) is 0 Å². The lowest BCUT2D eigenvalue weighted by atomic mass is 9.92. The zero-order chi connectivity index (χ0) is 97.7. The summed E-state index contributed by atoms with van der Waals surface area (Å²) in [6, 6.07) is 4.78.